The van der Waals surface area contributed by atoms with Gasteiger partial charge in [-0.3, -0.25) is 4.90 Å². The first-order chi connectivity index (χ1) is 13.9. The van der Waals surface area contributed by atoms with Crippen LogP contribution in [-0.4, -0.2) is 66.6 Å². The molecule has 29 heavy (non-hydrogen) atoms. The standard InChI is InChI=1S/C21H32N4O3S/c1-4-25-20-6-5-18(29(26,27)24-7-9-28-10-8-24)12-19(20)22-21(25)15-23-13-16(2)11-17(3)14-23/h5-6,12,16-17H,4,7-11,13-15H2,1-3H3/t16-,17+. The van der Waals surface area contributed by atoms with E-state index in [1.807, 2.05) is 6.07 Å². The van der Waals surface area contributed by atoms with Gasteiger partial charge >= 0.3 is 0 Å². The minimum absolute atomic E-state index is 0.319. The van der Waals surface area contributed by atoms with E-state index in [2.05, 4.69) is 30.2 Å². The first-order valence-electron chi connectivity index (χ1n) is 10.7. The number of rotatable bonds is 5. The highest BCUT2D eigenvalue weighted by molar-refractivity contribution is 7.89. The maximum atomic E-state index is 13.0. The van der Waals surface area contributed by atoms with Crippen molar-refractivity contribution in [3.8, 4) is 0 Å². The monoisotopic (exact) mass is 420 g/mol. The van der Waals surface area contributed by atoms with Gasteiger partial charge in [-0.2, -0.15) is 4.31 Å². The number of likely N-dealkylation sites (tertiary alicyclic amines) is 1. The zero-order valence-corrected chi connectivity index (χ0v) is 18.5. The number of hydrogen-bond acceptors (Lipinski definition) is 5. The Labute approximate surface area is 173 Å². The second-order valence-corrected chi connectivity index (χ2v) is 10.5. The number of nitrogens with zero attached hydrogens (tertiary/aromatic N) is 4. The van der Waals surface area contributed by atoms with Crippen molar-refractivity contribution in [2.24, 2.45) is 11.8 Å². The molecule has 0 spiro atoms. The molecule has 2 atom stereocenters. The molecule has 1 aromatic heterocycles. The van der Waals surface area contributed by atoms with Crippen LogP contribution in [-0.2, 0) is 27.8 Å². The molecular weight excluding hydrogens is 388 g/mol. The van der Waals surface area contributed by atoms with Crippen LogP contribution in [0.4, 0.5) is 0 Å². The van der Waals surface area contributed by atoms with Gasteiger partial charge in [0, 0.05) is 32.7 Å². The summed E-state index contributed by atoms with van der Waals surface area (Å²) in [4.78, 5) is 7.66. The fourth-order valence-corrected chi connectivity index (χ4v) is 6.28. The Hall–Kier alpha value is -1.48. The Bertz CT molecular complexity index is 956. The van der Waals surface area contributed by atoms with E-state index < -0.39 is 10.0 Å². The second kappa shape index (κ2) is 8.34. The van der Waals surface area contributed by atoms with Crippen LogP contribution < -0.4 is 0 Å². The summed E-state index contributed by atoms with van der Waals surface area (Å²) in [7, 11) is -3.51. The average Bonchev–Trinajstić information content (AvgIpc) is 3.03. The topological polar surface area (TPSA) is 67.7 Å². The zero-order chi connectivity index (χ0) is 20.6. The number of aromatic nitrogens is 2. The lowest BCUT2D eigenvalue weighted by Crippen LogP contribution is -2.40. The molecule has 160 valence electrons. The van der Waals surface area contributed by atoms with Gasteiger partial charge in [0.05, 0.1) is 35.7 Å². The van der Waals surface area contributed by atoms with Crippen molar-refractivity contribution in [1.82, 2.24) is 18.8 Å². The summed E-state index contributed by atoms with van der Waals surface area (Å²) in [5, 5.41) is 0. The van der Waals surface area contributed by atoms with Crippen LogP contribution in [0.3, 0.4) is 0 Å². The van der Waals surface area contributed by atoms with Crippen molar-refractivity contribution < 1.29 is 13.2 Å². The van der Waals surface area contributed by atoms with Crippen LogP contribution in [0.25, 0.3) is 11.0 Å². The molecule has 0 saturated carbocycles. The number of aryl methyl sites for hydroxylation is 1. The van der Waals surface area contributed by atoms with Crippen LogP contribution in [0.2, 0.25) is 0 Å². The highest BCUT2D eigenvalue weighted by Crippen LogP contribution is 2.26. The van der Waals surface area contributed by atoms with Crippen molar-refractivity contribution in [3.63, 3.8) is 0 Å². The number of imidazole rings is 1. The molecule has 2 aromatic rings. The molecule has 3 heterocycles. The molecule has 4 rings (SSSR count). The molecular formula is C21H32N4O3S. The Kier molecular flexibility index (Phi) is 5.97. The third-order valence-electron chi connectivity index (χ3n) is 6.03. The maximum Gasteiger partial charge on any atom is 0.243 e. The second-order valence-electron chi connectivity index (χ2n) is 8.58. The van der Waals surface area contributed by atoms with Gasteiger partial charge < -0.3 is 9.30 Å². The number of ether oxygens (including phenoxy) is 1. The molecule has 0 N–H and O–H groups in total. The van der Waals surface area contributed by atoms with Crippen LogP contribution in [0.1, 0.15) is 33.0 Å². The van der Waals surface area contributed by atoms with Crippen molar-refractivity contribution in [3.05, 3.63) is 24.0 Å². The predicted octanol–water partition coefficient (Wildman–Crippen LogP) is 2.56. The zero-order valence-electron chi connectivity index (χ0n) is 17.7. The van der Waals surface area contributed by atoms with E-state index in [0.717, 1.165) is 43.0 Å². The minimum Gasteiger partial charge on any atom is -0.379 e. The summed E-state index contributed by atoms with van der Waals surface area (Å²) < 4.78 is 35.0. The summed E-state index contributed by atoms with van der Waals surface area (Å²) in [6.45, 7) is 12.3. The number of fused-ring (bicyclic) bond motifs is 1. The van der Waals surface area contributed by atoms with Gasteiger partial charge in [-0.1, -0.05) is 13.8 Å². The Morgan fingerprint density at radius 3 is 2.48 bits per heavy atom. The van der Waals surface area contributed by atoms with Crippen molar-refractivity contribution >= 4 is 21.1 Å². The summed E-state index contributed by atoms with van der Waals surface area (Å²) in [6.07, 6.45) is 1.28. The normalized spacial score (nSPS) is 24.9. The maximum absolute atomic E-state index is 13.0. The van der Waals surface area contributed by atoms with E-state index in [9.17, 15) is 8.42 Å². The SMILES string of the molecule is CCn1c(CN2C[C@H](C)C[C@H](C)C2)nc2cc(S(=O)(=O)N3CCOCC3)ccc21. The van der Waals surface area contributed by atoms with Crippen LogP contribution in [0.5, 0.6) is 0 Å². The fraction of sp³-hybridized carbons (Fsp3) is 0.667. The van der Waals surface area contributed by atoms with Gasteiger partial charge in [0.15, 0.2) is 0 Å². The molecule has 0 bridgehead atoms. The molecule has 2 fully saturated rings. The lowest BCUT2D eigenvalue weighted by molar-refractivity contribution is 0.0730. The molecule has 2 aliphatic heterocycles. The molecule has 7 nitrogen and oxygen atoms in total. The van der Waals surface area contributed by atoms with E-state index >= 15 is 0 Å². The molecule has 0 unspecified atom stereocenters. The Balaban J connectivity index is 1.64. The lowest BCUT2D eigenvalue weighted by Gasteiger charge is -2.34. The van der Waals surface area contributed by atoms with Gasteiger partial charge in [-0.15, -0.1) is 0 Å². The molecule has 8 heteroatoms. The van der Waals surface area contributed by atoms with Crippen molar-refractivity contribution in [2.45, 2.75) is 45.2 Å². The van der Waals surface area contributed by atoms with Gasteiger partial charge in [0.2, 0.25) is 10.0 Å². The molecule has 0 amide bonds. The quantitative estimate of drug-likeness (QED) is 0.744. The smallest absolute Gasteiger partial charge is 0.243 e. The number of piperidine rings is 1. The van der Waals surface area contributed by atoms with Gasteiger partial charge in [-0.25, -0.2) is 13.4 Å². The van der Waals surface area contributed by atoms with Crippen molar-refractivity contribution in [1.29, 1.82) is 0 Å². The predicted molar refractivity (Wildman–Crippen MR) is 113 cm³/mol. The first-order valence-corrected chi connectivity index (χ1v) is 12.1. The van der Waals surface area contributed by atoms with E-state index in [1.54, 1.807) is 12.1 Å². The Morgan fingerprint density at radius 1 is 1.14 bits per heavy atom. The summed E-state index contributed by atoms with van der Waals surface area (Å²) >= 11 is 0. The third-order valence-corrected chi connectivity index (χ3v) is 7.93. The molecule has 0 aliphatic carbocycles. The number of sulfonamides is 1. The van der Waals surface area contributed by atoms with E-state index in [1.165, 1.54) is 10.7 Å². The van der Waals surface area contributed by atoms with E-state index in [0.29, 0.717) is 43.0 Å². The Morgan fingerprint density at radius 2 is 1.83 bits per heavy atom. The molecule has 0 radical (unpaired) electrons. The third kappa shape index (κ3) is 4.21. The number of benzene rings is 1. The van der Waals surface area contributed by atoms with Crippen LogP contribution in [0.15, 0.2) is 23.1 Å². The van der Waals surface area contributed by atoms with Crippen LogP contribution >= 0.6 is 0 Å². The van der Waals surface area contributed by atoms with Gasteiger partial charge in [0.1, 0.15) is 5.82 Å². The molecule has 2 aliphatic rings. The average molecular weight is 421 g/mol. The first kappa shape index (κ1) is 20.8. The van der Waals surface area contributed by atoms with Gasteiger partial charge in [0.25, 0.3) is 0 Å². The number of morpholine rings is 1. The fourth-order valence-electron chi connectivity index (χ4n) is 4.85. The lowest BCUT2D eigenvalue weighted by atomic mass is 9.92. The van der Waals surface area contributed by atoms with Gasteiger partial charge in [-0.05, 0) is 43.4 Å². The number of hydrogen-bond donors (Lipinski definition) is 0. The molecule has 2 saturated heterocycles. The van der Waals surface area contributed by atoms with E-state index in [4.69, 9.17) is 9.72 Å². The van der Waals surface area contributed by atoms with Crippen LogP contribution in [0, 0.1) is 11.8 Å². The summed E-state index contributed by atoms with van der Waals surface area (Å²) in [5.41, 5.74) is 1.76. The summed E-state index contributed by atoms with van der Waals surface area (Å²) in [6, 6.07) is 5.36. The summed E-state index contributed by atoms with van der Waals surface area (Å²) in [5.74, 6) is 2.41. The highest BCUT2D eigenvalue weighted by atomic mass is 32.2. The molecule has 1 aromatic carbocycles. The highest BCUT2D eigenvalue weighted by Gasteiger charge is 2.28. The van der Waals surface area contributed by atoms with Crippen molar-refractivity contribution in [2.75, 3.05) is 39.4 Å². The minimum atomic E-state index is -3.51. The van der Waals surface area contributed by atoms with E-state index in [-0.39, 0.29) is 0 Å². The largest absolute Gasteiger partial charge is 0.379 e.